The first kappa shape index (κ1) is 11.4. The number of anilines is 1. The van der Waals surface area contributed by atoms with E-state index in [1.165, 1.54) is 17.3 Å². The van der Waals surface area contributed by atoms with Gasteiger partial charge in [0, 0.05) is 0 Å². The Labute approximate surface area is 100 Å². The van der Waals surface area contributed by atoms with Crippen molar-refractivity contribution < 1.29 is 4.74 Å². The van der Waals surface area contributed by atoms with Crippen molar-refractivity contribution in [3.05, 3.63) is 47.4 Å². The smallest absolute Gasteiger partial charge is 0.141 e. The van der Waals surface area contributed by atoms with Gasteiger partial charge in [0.2, 0.25) is 0 Å². The van der Waals surface area contributed by atoms with E-state index in [0.717, 1.165) is 11.4 Å². The third kappa shape index (κ3) is 3.17. The number of aryl methyl sites for hydroxylation is 2. The Bertz CT molecular complexity index is 488. The number of nitrogens with zero attached hydrogens (tertiary/aromatic N) is 2. The van der Waals surface area contributed by atoms with E-state index in [1.807, 2.05) is 26.0 Å². The quantitative estimate of drug-likeness (QED) is 0.876. The molecule has 0 aliphatic heterocycles. The highest BCUT2D eigenvalue weighted by atomic mass is 16.5. The highest BCUT2D eigenvalue weighted by Crippen LogP contribution is 2.17. The SMILES string of the molecule is Cc1cc(C)cc(OCc2cnc(N)cn2)c1. The molecular formula is C13H15N3O. The molecule has 0 spiro atoms. The largest absolute Gasteiger partial charge is 0.487 e. The number of hydrogen-bond donors (Lipinski definition) is 1. The number of ether oxygens (including phenoxy) is 1. The molecule has 0 saturated carbocycles. The summed E-state index contributed by atoms with van der Waals surface area (Å²) in [5.74, 6) is 1.27. The van der Waals surface area contributed by atoms with Crippen molar-refractivity contribution in [3.63, 3.8) is 0 Å². The van der Waals surface area contributed by atoms with Crippen LogP contribution in [0.5, 0.6) is 5.75 Å². The minimum absolute atomic E-state index is 0.399. The van der Waals surface area contributed by atoms with Gasteiger partial charge in [-0.15, -0.1) is 0 Å². The third-order valence-corrected chi connectivity index (χ3v) is 2.31. The lowest BCUT2D eigenvalue weighted by atomic mass is 10.1. The van der Waals surface area contributed by atoms with Crippen LogP contribution in [0.15, 0.2) is 30.6 Å². The molecule has 0 saturated heterocycles. The zero-order chi connectivity index (χ0) is 12.3. The van der Waals surface area contributed by atoms with Crippen molar-refractivity contribution in [2.75, 3.05) is 5.73 Å². The van der Waals surface area contributed by atoms with Crippen molar-refractivity contribution in [1.29, 1.82) is 0 Å². The number of hydrogen-bond acceptors (Lipinski definition) is 4. The predicted molar refractivity (Wildman–Crippen MR) is 66.7 cm³/mol. The first-order valence-corrected chi connectivity index (χ1v) is 5.41. The lowest BCUT2D eigenvalue weighted by Gasteiger charge is -2.07. The van der Waals surface area contributed by atoms with Crippen LogP contribution >= 0.6 is 0 Å². The number of aromatic nitrogens is 2. The minimum atomic E-state index is 0.399. The average molecular weight is 229 g/mol. The van der Waals surface area contributed by atoms with Gasteiger partial charge in [0.15, 0.2) is 0 Å². The number of nitrogen functional groups attached to an aromatic ring is 1. The molecule has 2 N–H and O–H groups in total. The van der Waals surface area contributed by atoms with Crippen LogP contribution in [-0.2, 0) is 6.61 Å². The molecule has 0 fully saturated rings. The van der Waals surface area contributed by atoms with Gasteiger partial charge in [-0.3, -0.25) is 4.98 Å². The van der Waals surface area contributed by atoms with E-state index >= 15 is 0 Å². The third-order valence-electron chi connectivity index (χ3n) is 2.31. The lowest BCUT2D eigenvalue weighted by molar-refractivity contribution is 0.300. The van der Waals surface area contributed by atoms with Gasteiger partial charge in [-0.05, 0) is 37.1 Å². The van der Waals surface area contributed by atoms with Crippen LogP contribution in [0, 0.1) is 13.8 Å². The van der Waals surface area contributed by atoms with Gasteiger partial charge >= 0.3 is 0 Å². The molecule has 2 rings (SSSR count). The molecule has 0 radical (unpaired) electrons. The molecule has 0 unspecified atom stereocenters. The zero-order valence-electron chi connectivity index (χ0n) is 9.97. The Morgan fingerprint density at radius 3 is 2.35 bits per heavy atom. The van der Waals surface area contributed by atoms with Gasteiger partial charge < -0.3 is 10.5 Å². The molecule has 88 valence electrons. The van der Waals surface area contributed by atoms with Crippen LogP contribution < -0.4 is 10.5 Å². The Hall–Kier alpha value is -2.10. The molecular weight excluding hydrogens is 214 g/mol. The second-order valence-corrected chi connectivity index (χ2v) is 4.04. The normalized spacial score (nSPS) is 10.2. The standard InChI is InChI=1S/C13H15N3O/c1-9-3-10(2)5-12(4-9)17-8-11-6-16-13(14)7-15-11/h3-7H,8H2,1-2H3,(H2,14,16). The van der Waals surface area contributed by atoms with Crippen LogP contribution in [0.3, 0.4) is 0 Å². The highest BCUT2D eigenvalue weighted by Gasteiger charge is 1.99. The van der Waals surface area contributed by atoms with Crippen molar-refractivity contribution >= 4 is 5.82 Å². The fourth-order valence-electron chi connectivity index (χ4n) is 1.61. The molecule has 0 atom stereocenters. The molecule has 2 aromatic rings. The minimum Gasteiger partial charge on any atom is -0.487 e. The number of nitrogens with two attached hydrogens (primary N) is 1. The monoisotopic (exact) mass is 229 g/mol. The zero-order valence-corrected chi connectivity index (χ0v) is 9.97. The highest BCUT2D eigenvalue weighted by molar-refractivity contribution is 5.33. The Kier molecular flexibility index (Phi) is 3.23. The molecule has 0 amide bonds. The van der Waals surface area contributed by atoms with E-state index in [-0.39, 0.29) is 0 Å². The molecule has 1 aromatic carbocycles. The Morgan fingerprint density at radius 2 is 1.76 bits per heavy atom. The van der Waals surface area contributed by atoms with Crippen LogP contribution in [0.1, 0.15) is 16.8 Å². The maximum atomic E-state index is 5.65. The van der Waals surface area contributed by atoms with E-state index < -0.39 is 0 Å². The van der Waals surface area contributed by atoms with Crippen molar-refractivity contribution in [2.45, 2.75) is 20.5 Å². The van der Waals surface area contributed by atoms with E-state index in [2.05, 4.69) is 16.0 Å². The summed E-state index contributed by atoms with van der Waals surface area (Å²) in [6.07, 6.45) is 3.15. The topological polar surface area (TPSA) is 61.0 Å². The first-order valence-electron chi connectivity index (χ1n) is 5.41. The van der Waals surface area contributed by atoms with Crippen LogP contribution in [-0.4, -0.2) is 9.97 Å². The van der Waals surface area contributed by atoms with Crippen molar-refractivity contribution in [3.8, 4) is 5.75 Å². The first-order chi connectivity index (χ1) is 8.13. The van der Waals surface area contributed by atoms with Crippen molar-refractivity contribution in [2.24, 2.45) is 0 Å². The van der Waals surface area contributed by atoms with Crippen molar-refractivity contribution in [1.82, 2.24) is 9.97 Å². The Morgan fingerprint density at radius 1 is 1.06 bits per heavy atom. The van der Waals surface area contributed by atoms with Gasteiger partial charge in [0.05, 0.1) is 18.1 Å². The van der Waals surface area contributed by atoms with Gasteiger partial charge in [-0.25, -0.2) is 4.98 Å². The average Bonchev–Trinajstić information content (AvgIpc) is 2.27. The fourth-order valence-corrected chi connectivity index (χ4v) is 1.61. The van der Waals surface area contributed by atoms with E-state index in [0.29, 0.717) is 12.4 Å². The van der Waals surface area contributed by atoms with Gasteiger partial charge in [0.25, 0.3) is 0 Å². The summed E-state index contributed by atoms with van der Waals surface area (Å²) < 4.78 is 5.65. The molecule has 0 aliphatic carbocycles. The molecule has 0 aliphatic rings. The molecule has 17 heavy (non-hydrogen) atoms. The number of benzene rings is 1. The molecule has 1 heterocycles. The second-order valence-electron chi connectivity index (χ2n) is 4.04. The second kappa shape index (κ2) is 4.82. The van der Waals surface area contributed by atoms with E-state index in [1.54, 1.807) is 6.20 Å². The summed E-state index contributed by atoms with van der Waals surface area (Å²) in [4.78, 5) is 8.09. The summed E-state index contributed by atoms with van der Waals surface area (Å²) in [5, 5.41) is 0. The number of rotatable bonds is 3. The van der Waals surface area contributed by atoms with Crippen LogP contribution in [0.25, 0.3) is 0 Å². The fraction of sp³-hybridized carbons (Fsp3) is 0.231. The predicted octanol–water partition coefficient (Wildman–Crippen LogP) is 2.25. The van der Waals surface area contributed by atoms with Gasteiger partial charge in [-0.1, -0.05) is 6.07 Å². The molecule has 4 heteroatoms. The molecule has 0 bridgehead atoms. The van der Waals surface area contributed by atoms with E-state index in [9.17, 15) is 0 Å². The molecule has 4 nitrogen and oxygen atoms in total. The lowest BCUT2D eigenvalue weighted by Crippen LogP contribution is -2.01. The maximum absolute atomic E-state index is 5.65. The van der Waals surface area contributed by atoms with Crippen LogP contribution in [0.4, 0.5) is 5.82 Å². The van der Waals surface area contributed by atoms with Crippen LogP contribution in [0.2, 0.25) is 0 Å². The molecule has 1 aromatic heterocycles. The summed E-state index contributed by atoms with van der Waals surface area (Å²) in [6.45, 7) is 4.49. The maximum Gasteiger partial charge on any atom is 0.141 e. The Balaban J connectivity index is 2.04. The summed E-state index contributed by atoms with van der Waals surface area (Å²) in [7, 11) is 0. The summed E-state index contributed by atoms with van der Waals surface area (Å²) in [5.41, 5.74) is 8.59. The summed E-state index contributed by atoms with van der Waals surface area (Å²) in [6, 6.07) is 6.10. The summed E-state index contributed by atoms with van der Waals surface area (Å²) >= 11 is 0. The van der Waals surface area contributed by atoms with Gasteiger partial charge in [0.1, 0.15) is 18.2 Å². The van der Waals surface area contributed by atoms with Gasteiger partial charge in [-0.2, -0.15) is 0 Å². The van der Waals surface area contributed by atoms with E-state index in [4.69, 9.17) is 10.5 Å².